The van der Waals surface area contributed by atoms with Crippen LogP contribution in [0.2, 0.25) is 0 Å². The third-order valence-corrected chi connectivity index (χ3v) is 7.72. The summed E-state index contributed by atoms with van der Waals surface area (Å²) in [5.41, 5.74) is 3.89. The summed E-state index contributed by atoms with van der Waals surface area (Å²) in [7, 11) is 0. The van der Waals surface area contributed by atoms with Crippen LogP contribution in [0.3, 0.4) is 0 Å². The molecule has 1 fully saturated rings. The Morgan fingerprint density at radius 1 is 1.08 bits per heavy atom. The highest BCUT2D eigenvalue weighted by Gasteiger charge is 2.50. The number of alkyl halides is 1. The highest BCUT2D eigenvalue weighted by atomic mass is 19.1. The number of carbonyl (C=O) groups is 1. The van der Waals surface area contributed by atoms with Crippen LogP contribution in [0.1, 0.15) is 57.2 Å². The molecule has 4 aromatic rings. The minimum atomic E-state index is -0.910. The van der Waals surface area contributed by atoms with Gasteiger partial charge in [-0.05, 0) is 57.2 Å². The molecule has 0 saturated heterocycles. The highest BCUT2D eigenvalue weighted by Crippen LogP contribution is 2.50. The number of pyridine rings is 1. The van der Waals surface area contributed by atoms with E-state index in [1.165, 1.54) is 0 Å². The molecule has 0 bridgehead atoms. The second kappa shape index (κ2) is 9.18. The molecule has 0 radical (unpaired) electrons. The molecule has 9 heteroatoms. The van der Waals surface area contributed by atoms with E-state index in [1.807, 2.05) is 81.4 Å². The zero-order valence-corrected chi connectivity index (χ0v) is 22.2. The van der Waals surface area contributed by atoms with Crippen molar-refractivity contribution >= 4 is 6.09 Å². The smallest absolute Gasteiger partial charge is 0.408 e. The molecule has 0 atom stereocenters. The predicted octanol–water partition coefficient (Wildman–Crippen LogP) is 6.52. The molecule has 1 N–H and O–H groups in total. The van der Waals surface area contributed by atoms with E-state index in [-0.39, 0.29) is 12.4 Å². The maximum Gasteiger partial charge on any atom is 0.408 e. The van der Waals surface area contributed by atoms with Gasteiger partial charge in [0, 0.05) is 16.7 Å². The van der Waals surface area contributed by atoms with E-state index >= 15 is 0 Å². The van der Waals surface area contributed by atoms with Crippen LogP contribution in [-0.4, -0.2) is 41.4 Å². The summed E-state index contributed by atoms with van der Waals surface area (Å²) in [4.78, 5) is 18.9. The SMILES string of the molecule is CC(C)(C)N(C(=O)O)C1(c2ccc(-c3nc4c(cc3-c3ccccc3)-n3c(CF)nnc3CO4)cc2)CCC1. The Morgan fingerprint density at radius 2 is 1.79 bits per heavy atom. The van der Waals surface area contributed by atoms with E-state index in [0.717, 1.165) is 47.2 Å². The van der Waals surface area contributed by atoms with Crippen LogP contribution >= 0.6 is 0 Å². The minimum absolute atomic E-state index is 0.149. The lowest BCUT2D eigenvalue weighted by atomic mass is 9.69. The summed E-state index contributed by atoms with van der Waals surface area (Å²) in [5, 5.41) is 18.2. The largest absolute Gasteiger partial charge is 0.468 e. The molecule has 2 aromatic heterocycles. The minimum Gasteiger partial charge on any atom is -0.468 e. The third-order valence-electron chi connectivity index (χ3n) is 7.72. The molecule has 0 unspecified atom stereocenters. The van der Waals surface area contributed by atoms with Crippen LogP contribution < -0.4 is 4.74 Å². The van der Waals surface area contributed by atoms with Crippen molar-refractivity contribution in [2.24, 2.45) is 0 Å². The Balaban J connectivity index is 1.47. The summed E-state index contributed by atoms with van der Waals surface area (Å²) >= 11 is 0. The number of carboxylic acid groups (broad SMARTS) is 1. The molecule has 3 heterocycles. The molecule has 1 amide bonds. The van der Waals surface area contributed by atoms with Gasteiger partial charge in [0.25, 0.3) is 0 Å². The molecule has 8 nitrogen and oxygen atoms in total. The topological polar surface area (TPSA) is 93.4 Å². The quantitative estimate of drug-likeness (QED) is 0.318. The number of aromatic nitrogens is 4. The summed E-state index contributed by atoms with van der Waals surface area (Å²) in [6.45, 7) is 5.22. The number of halogens is 1. The molecule has 39 heavy (non-hydrogen) atoms. The fraction of sp³-hybridized carbons (Fsp3) is 0.333. The number of rotatable bonds is 5. The van der Waals surface area contributed by atoms with E-state index in [9.17, 15) is 14.3 Å². The first-order valence-corrected chi connectivity index (χ1v) is 13.1. The van der Waals surface area contributed by atoms with Crippen molar-refractivity contribution in [1.82, 2.24) is 24.6 Å². The number of hydrogen-bond acceptors (Lipinski definition) is 5. The van der Waals surface area contributed by atoms with Crippen molar-refractivity contribution < 1.29 is 19.0 Å². The van der Waals surface area contributed by atoms with E-state index in [0.29, 0.717) is 17.4 Å². The molecular weight excluding hydrogens is 497 g/mol. The predicted molar refractivity (Wildman–Crippen MR) is 144 cm³/mol. The third kappa shape index (κ3) is 4.04. The normalized spacial score (nSPS) is 15.5. The second-order valence-electron chi connectivity index (χ2n) is 11.1. The maximum atomic E-state index is 13.7. The van der Waals surface area contributed by atoms with E-state index in [1.54, 1.807) is 9.47 Å². The van der Waals surface area contributed by atoms with Gasteiger partial charge < -0.3 is 9.84 Å². The standard InChI is InChI=1S/C30H30FN5O3/c1-29(2,3)36(28(37)38)30(14-7-15-30)21-12-10-20(11-13-21)26-22(19-8-5-4-6-9-19)16-23-27(32-26)39-18-25-34-33-24(17-31)35(23)25/h4-6,8-13,16H,7,14-15,17-18H2,1-3H3,(H,37,38). The van der Waals surface area contributed by atoms with E-state index in [4.69, 9.17) is 9.72 Å². The number of nitrogens with zero attached hydrogens (tertiary/aromatic N) is 5. The number of fused-ring (bicyclic) bond motifs is 3. The van der Waals surface area contributed by atoms with Crippen LogP contribution in [0.5, 0.6) is 5.88 Å². The van der Waals surface area contributed by atoms with Crippen molar-refractivity contribution in [3.63, 3.8) is 0 Å². The van der Waals surface area contributed by atoms with Gasteiger partial charge in [-0.3, -0.25) is 9.47 Å². The molecule has 1 aliphatic carbocycles. The average Bonchev–Trinajstić information content (AvgIpc) is 3.33. The van der Waals surface area contributed by atoms with Gasteiger partial charge in [0.15, 0.2) is 18.3 Å². The second-order valence-corrected chi connectivity index (χ2v) is 11.1. The number of benzene rings is 2. The lowest BCUT2D eigenvalue weighted by molar-refractivity contribution is -0.0328. The Hall–Kier alpha value is -4.27. The summed E-state index contributed by atoms with van der Waals surface area (Å²) in [6.07, 6.45) is 1.64. The molecular formula is C30H30FN5O3. The van der Waals surface area contributed by atoms with Crippen molar-refractivity contribution in [3.8, 4) is 34.0 Å². The number of ether oxygens (including phenoxy) is 1. The van der Waals surface area contributed by atoms with Crippen LogP contribution in [-0.2, 0) is 18.8 Å². The van der Waals surface area contributed by atoms with Crippen molar-refractivity contribution in [2.75, 3.05) is 0 Å². The fourth-order valence-electron chi connectivity index (χ4n) is 5.96. The lowest BCUT2D eigenvalue weighted by Crippen LogP contribution is -2.60. The first-order valence-electron chi connectivity index (χ1n) is 13.1. The molecule has 1 saturated carbocycles. The van der Waals surface area contributed by atoms with Gasteiger partial charge >= 0.3 is 6.09 Å². The van der Waals surface area contributed by atoms with Gasteiger partial charge in [0.1, 0.15) is 12.4 Å². The number of hydrogen-bond donors (Lipinski definition) is 1. The van der Waals surface area contributed by atoms with E-state index in [2.05, 4.69) is 10.2 Å². The van der Waals surface area contributed by atoms with E-state index < -0.39 is 23.8 Å². The van der Waals surface area contributed by atoms with Crippen LogP contribution in [0.15, 0.2) is 60.7 Å². The van der Waals surface area contributed by atoms with Crippen molar-refractivity contribution in [3.05, 3.63) is 77.9 Å². The van der Waals surface area contributed by atoms with Crippen LogP contribution in [0, 0.1) is 0 Å². The Morgan fingerprint density at radius 3 is 2.38 bits per heavy atom. The average molecular weight is 528 g/mol. The highest BCUT2D eigenvalue weighted by molar-refractivity contribution is 5.83. The molecule has 200 valence electrons. The molecule has 2 aliphatic rings. The Labute approximate surface area is 226 Å². The Kier molecular flexibility index (Phi) is 5.89. The van der Waals surface area contributed by atoms with Crippen LogP contribution in [0.25, 0.3) is 28.1 Å². The van der Waals surface area contributed by atoms with Gasteiger partial charge in [-0.25, -0.2) is 14.2 Å². The first-order chi connectivity index (χ1) is 18.7. The molecule has 6 rings (SSSR count). The van der Waals surface area contributed by atoms with Crippen molar-refractivity contribution in [2.45, 2.75) is 64.4 Å². The zero-order valence-electron chi connectivity index (χ0n) is 22.2. The zero-order chi connectivity index (χ0) is 27.4. The van der Waals surface area contributed by atoms with Gasteiger partial charge in [0.2, 0.25) is 5.88 Å². The summed E-state index contributed by atoms with van der Waals surface area (Å²) in [6, 6.07) is 19.9. The van der Waals surface area contributed by atoms with Crippen LogP contribution in [0.4, 0.5) is 9.18 Å². The van der Waals surface area contributed by atoms with Gasteiger partial charge in [-0.15, -0.1) is 10.2 Å². The van der Waals surface area contributed by atoms with Gasteiger partial charge in [-0.1, -0.05) is 54.6 Å². The first kappa shape index (κ1) is 25.0. The number of amides is 1. The molecule has 2 aromatic carbocycles. The summed E-state index contributed by atoms with van der Waals surface area (Å²) in [5.74, 6) is 1.12. The van der Waals surface area contributed by atoms with Crippen molar-refractivity contribution in [1.29, 1.82) is 0 Å². The Bertz CT molecular complexity index is 1530. The maximum absolute atomic E-state index is 13.7. The van der Waals surface area contributed by atoms with Gasteiger partial charge in [0.05, 0.1) is 11.2 Å². The fourth-order valence-corrected chi connectivity index (χ4v) is 5.96. The lowest BCUT2D eigenvalue weighted by Gasteiger charge is -2.54. The monoisotopic (exact) mass is 527 g/mol. The molecule has 0 spiro atoms. The summed E-state index contributed by atoms with van der Waals surface area (Å²) < 4.78 is 21.3. The molecule has 1 aliphatic heterocycles. The van der Waals surface area contributed by atoms with Gasteiger partial charge in [-0.2, -0.15) is 0 Å².